The molecule has 0 bridgehead atoms. The quantitative estimate of drug-likeness (QED) is 0.219. The molecule has 0 saturated heterocycles. The summed E-state index contributed by atoms with van der Waals surface area (Å²) in [5.74, 6) is 1.49. The van der Waals surface area contributed by atoms with Crippen molar-refractivity contribution in [1.82, 2.24) is 4.57 Å². The summed E-state index contributed by atoms with van der Waals surface area (Å²) in [6, 6.07) is 17.2. The van der Waals surface area contributed by atoms with Gasteiger partial charge in [0.2, 0.25) is 0 Å². The van der Waals surface area contributed by atoms with Crippen LogP contribution in [0.4, 0.5) is 0 Å². The summed E-state index contributed by atoms with van der Waals surface area (Å²) < 4.78 is 24.0. The molecule has 11 heteroatoms. The summed E-state index contributed by atoms with van der Waals surface area (Å²) in [7, 11) is 3.21. The van der Waals surface area contributed by atoms with Crippen LogP contribution in [0.5, 0.6) is 17.2 Å². The van der Waals surface area contributed by atoms with E-state index in [-0.39, 0.29) is 29.4 Å². The number of hydrogen-bond acceptors (Lipinski definition) is 8. The van der Waals surface area contributed by atoms with E-state index in [2.05, 4.69) is 4.99 Å². The molecule has 5 rings (SSSR count). The molecule has 43 heavy (non-hydrogen) atoms. The van der Waals surface area contributed by atoms with Crippen molar-refractivity contribution in [2.45, 2.75) is 26.5 Å². The van der Waals surface area contributed by atoms with E-state index in [4.69, 9.17) is 42.1 Å². The topological polar surface area (TPSA) is 88.4 Å². The molecule has 1 aliphatic heterocycles. The highest BCUT2D eigenvalue weighted by atomic mass is 35.5. The number of carbonyl (C=O) groups excluding carboxylic acids is 1. The summed E-state index contributed by atoms with van der Waals surface area (Å²) in [5.41, 5.74) is 2.51. The molecule has 4 aromatic rings. The Balaban J connectivity index is 1.49. The average Bonchev–Trinajstić information content (AvgIpc) is 3.31. The predicted molar refractivity (Wildman–Crippen MR) is 167 cm³/mol. The second kappa shape index (κ2) is 13.1. The molecule has 0 amide bonds. The molecule has 2 heterocycles. The van der Waals surface area contributed by atoms with E-state index in [0.717, 1.165) is 11.1 Å². The maximum absolute atomic E-state index is 13.9. The largest absolute Gasteiger partial charge is 0.497 e. The smallest absolute Gasteiger partial charge is 0.338 e. The van der Waals surface area contributed by atoms with Crippen molar-refractivity contribution < 1.29 is 23.7 Å². The Labute approximate surface area is 262 Å². The zero-order chi connectivity index (χ0) is 30.7. The molecule has 0 N–H and O–H groups in total. The molecular formula is C32H28Cl2N2O6S. The molecule has 0 spiro atoms. The van der Waals surface area contributed by atoms with Gasteiger partial charge in [-0.05, 0) is 61.9 Å². The van der Waals surface area contributed by atoms with Gasteiger partial charge in [0.1, 0.15) is 29.9 Å². The number of allylic oxidation sites excluding steroid dienone is 1. The molecule has 3 aromatic carbocycles. The van der Waals surface area contributed by atoms with Crippen molar-refractivity contribution in [3.8, 4) is 17.2 Å². The van der Waals surface area contributed by atoms with E-state index >= 15 is 0 Å². The Morgan fingerprint density at radius 2 is 1.79 bits per heavy atom. The van der Waals surface area contributed by atoms with Crippen LogP contribution < -0.4 is 29.1 Å². The van der Waals surface area contributed by atoms with E-state index in [1.165, 1.54) is 15.9 Å². The van der Waals surface area contributed by atoms with Crippen LogP contribution >= 0.6 is 34.5 Å². The summed E-state index contributed by atoms with van der Waals surface area (Å²) in [5, 5.41) is 0.564. The zero-order valence-electron chi connectivity index (χ0n) is 23.9. The first-order valence-corrected chi connectivity index (χ1v) is 14.9. The highest BCUT2D eigenvalue weighted by Gasteiger charge is 2.34. The van der Waals surface area contributed by atoms with E-state index in [9.17, 15) is 9.59 Å². The molecule has 1 atom stereocenters. The van der Waals surface area contributed by atoms with Crippen molar-refractivity contribution in [2.75, 3.05) is 20.8 Å². The second-order valence-corrected chi connectivity index (χ2v) is 11.3. The normalized spacial score (nSPS) is 14.7. The van der Waals surface area contributed by atoms with Gasteiger partial charge in [0.05, 0.1) is 46.7 Å². The third-order valence-corrected chi connectivity index (χ3v) is 8.67. The molecule has 0 fully saturated rings. The van der Waals surface area contributed by atoms with Gasteiger partial charge in [-0.25, -0.2) is 9.79 Å². The number of ether oxygens (including phenoxy) is 4. The number of thiazole rings is 1. The number of aromatic nitrogens is 1. The standard InChI is InChI=1S/C32H28Cl2N2O6S/c1-5-41-31(38)27-18(2)35-32-36(29(27)23-7-6-8-24(33)28(23)34)30(37)26(43-32)15-19-9-11-21(12-10-19)42-17-20-16-22(39-3)13-14-25(20)40-4/h6-16,29H,5,17H2,1-4H3/b26-15-/t29-/m1/s1. The lowest BCUT2D eigenvalue weighted by molar-refractivity contribution is -0.139. The van der Waals surface area contributed by atoms with Crippen LogP contribution in [-0.2, 0) is 16.1 Å². The zero-order valence-corrected chi connectivity index (χ0v) is 26.2. The van der Waals surface area contributed by atoms with E-state index < -0.39 is 12.0 Å². The highest BCUT2D eigenvalue weighted by molar-refractivity contribution is 7.07. The molecular weight excluding hydrogens is 611 g/mol. The second-order valence-electron chi connectivity index (χ2n) is 9.48. The first kappa shape index (κ1) is 30.4. The van der Waals surface area contributed by atoms with Gasteiger partial charge in [0.15, 0.2) is 4.80 Å². The lowest BCUT2D eigenvalue weighted by atomic mass is 9.96. The van der Waals surface area contributed by atoms with Crippen molar-refractivity contribution in [1.29, 1.82) is 0 Å². The molecule has 222 valence electrons. The predicted octanol–water partition coefficient (Wildman–Crippen LogP) is 5.70. The molecule has 0 saturated carbocycles. The average molecular weight is 640 g/mol. The molecule has 0 radical (unpaired) electrons. The number of benzene rings is 3. The van der Waals surface area contributed by atoms with Crippen LogP contribution in [-0.4, -0.2) is 31.4 Å². The summed E-state index contributed by atoms with van der Waals surface area (Å²) in [6.45, 7) is 3.89. The molecule has 0 unspecified atom stereocenters. The van der Waals surface area contributed by atoms with Gasteiger partial charge in [-0.3, -0.25) is 9.36 Å². The maximum Gasteiger partial charge on any atom is 0.338 e. The van der Waals surface area contributed by atoms with Gasteiger partial charge < -0.3 is 18.9 Å². The Morgan fingerprint density at radius 3 is 2.49 bits per heavy atom. The Morgan fingerprint density at radius 1 is 1.05 bits per heavy atom. The number of methoxy groups -OCH3 is 2. The SMILES string of the molecule is CCOC(=O)C1=C(C)N=c2s/c(=C\c3ccc(OCc4cc(OC)ccc4OC)cc3)c(=O)n2[C@@H]1c1cccc(Cl)c1Cl. The third-order valence-electron chi connectivity index (χ3n) is 6.85. The van der Waals surface area contributed by atoms with Crippen molar-refractivity contribution in [3.63, 3.8) is 0 Å². The number of halogens is 2. The summed E-state index contributed by atoms with van der Waals surface area (Å²) in [4.78, 5) is 32.0. The molecule has 0 aliphatic carbocycles. The third kappa shape index (κ3) is 6.20. The lowest BCUT2D eigenvalue weighted by Gasteiger charge is -2.25. The number of rotatable bonds is 9. The minimum Gasteiger partial charge on any atom is -0.497 e. The fraction of sp³-hybridized carbons (Fsp3) is 0.219. The van der Waals surface area contributed by atoms with E-state index in [0.29, 0.717) is 42.9 Å². The molecule has 1 aromatic heterocycles. The maximum atomic E-state index is 13.9. The number of fused-ring (bicyclic) bond motifs is 1. The first-order chi connectivity index (χ1) is 20.7. The fourth-order valence-corrected chi connectivity index (χ4v) is 6.24. The van der Waals surface area contributed by atoms with Gasteiger partial charge >= 0.3 is 5.97 Å². The van der Waals surface area contributed by atoms with Gasteiger partial charge in [0, 0.05) is 11.1 Å². The Kier molecular flexibility index (Phi) is 9.25. The number of carbonyl (C=O) groups is 1. The monoisotopic (exact) mass is 638 g/mol. The van der Waals surface area contributed by atoms with Crippen LogP contribution in [0.1, 0.15) is 36.6 Å². The van der Waals surface area contributed by atoms with Gasteiger partial charge in [-0.1, -0.05) is 58.8 Å². The lowest BCUT2D eigenvalue weighted by Crippen LogP contribution is -2.40. The number of nitrogens with zero attached hydrogens (tertiary/aromatic N) is 2. The van der Waals surface area contributed by atoms with Crippen LogP contribution in [0.2, 0.25) is 10.0 Å². The van der Waals surface area contributed by atoms with Crippen molar-refractivity contribution >= 4 is 46.6 Å². The van der Waals surface area contributed by atoms with Crippen molar-refractivity contribution in [2.24, 2.45) is 4.99 Å². The minimum absolute atomic E-state index is 0.169. The Bertz CT molecular complexity index is 1900. The van der Waals surface area contributed by atoms with Crippen LogP contribution in [0.25, 0.3) is 6.08 Å². The van der Waals surface area contributed by atoms with Gasteiger partial charge in [-0.15, -0.1) is 0 Å². The minimum atomic E-state index is -0.854. The summed E-state index contributed by atoms with van der Waals surface area (Å²) >= 11 is 14.2. The van der Waals surface area contributed by atoms with Crippen LogP contribution in [0, 0.1) is 0 Å². The number of hydrogen-bond donors (Lipinski definition) is 0. The van der Waals surface area contributed by atoms with Crippen molar-refractivity contribution in [3.05, 3.63) is 118 Å². The number of esters is 1. The Hall–Kier alpha value is -4.05. The molecule has 1 aliphatic rings. The van der Waals surface area contributed by atoms with E-state index in [1.54, 1.807) is 52.3 Å². The van der Waals surface area contributed by atoms with Crippen LogP contribution in [0.3, 0.4) is 0 Å². The van der Waals surface area contributed by atoms with E-state index in [1.807, 2.05) is 42.5 Å². The van der Waals surface area contributed by atoms with Gasteiger partial charge in [-0.2, -0.15) is 0 Å². The van der Waals surface area contributed by atoms with Gasteiger partial charge in [0.25, 0.3) is 5.56 Å². The summed E-state index contributed by atoms with van der Waals surface area (Å²) in [6.07, 6.45) is 1.78. The first-order valence-electron chi connectivity index (χ1n) is 13.3. The molecule has 8 nitrogen and oxygen atoms in total. The fourth-order valence-electron chi connectivity index (χ4n) is 4.78. The van der Waals surface area contributed by atoms with Crippen LogP contribution in [0.15, 0.2) is 81.7 Å². The highest BCUT2D eigenvalue weighted by Crippen LogP contribution is 2.37.